The van der Waals surface area contributed by atoms with Crippen molar-refractivity contribution in [2.24, 2.45) is 5.92 Å². The number of carbonyl (C=O) groups is 1. The smallest absolute Gasteiger partial charge is 0.287 e. The van der Waals surface area contributed by atoms with Crippen molar-refractivity contribution in [3.8, 4) is 5.75 Å². The number of amides is 1. The molecule has 3 rings (SSSR count). The molecule has 5 heteroatoms. The lowest BCUT2D eigenvalue weighted by Gasteiger charge is -2.29. The predicted molar refractivity (Wildman–Crippen MR) is 96.9 cm³/mol. The largest absolute Gasteiger partial charge is 0.485 e. The highest BCUT2D eigenvalue weighted by molar-refractivity contribution is 5.91. The third-order valence-corrected chi connectivity index (χ3v) is 4.73. The van der Waals surface area contributed by atoms with Gasteiger partial charge in [0.05, 0.1) is 0 Å². The molecular formula is C20H26N2O3. The molecule has 2 heterocycles. The van der Waals surface area contributed by atoms with Gasteiger partial charge in [-0.25, -0.2) is 0 Å². The van der Waals surface area contributed by atoms with Crippen LogP contribution in [0.15, 0.2) is 34.7 Å². The Morgan fingerprint density at radius 1 is 1.32 bits per heavy atom. The summed E-state index contributed by atoms with van der Waals surface area (Å²) in [6.45, 7) is 8.35. The predicted octanol–water partition coefficient (Wildman–Crippen LogP) is 3.20. The topological polar surface area (TPSA) is 63.5 Å². The molecule has 2 atom stereocenters. The van der Waals surface area contributed by atoms with E-state index in [0.717, 1.165) is 30.8 Å². The van der Waals surface area contributed by atoms with Crippen LogP contribution in [0.4, 0.5) is 0 Å². The monoisotopic (exact) mass is 342 g/mol. The van der Waals surface area contributed by atoms with Crippen LogP contribution in [-0.2, 0) is 6.61 Å². The van der Waals surface area contributed by atoms with Crippen molar-refractivity contribution in [2.45, 2.75) is 39.8 Å². The highest BCUT2D eigenvalue weighted by Crippen LogP contribution is 2.21. The van der Waals surface area contributed by atoms with Gasteiger partial charge in [0.1, 0.15) is 18.1 Å². The molecule has 1 aromatic carbocycles. The number of nitrogens with one attached hydrogen (secondary N) is 2. The van der Waals surface area contributed by atoms with Crippen LogP contribution in [0.2, 0.25) is 0 Å². The van der Waals surface area contributed by atoms with Gasteiger partial charge < -0.3 is 19.8 Å². The van der Waals surface area contributed by atoms with Crippen molar-refractivity contribution in [3.63, 3.8) is 0 Å². The minimum absolute atomic E-state index is 0.140. The van der Waals surface area contributed by atoms with E-state index in [4.69, 9.17) is 9.15 Å². The van der Waals surface area contributed by atoms with Gasteiger partial charge in [0.2, 0.25) is 0 Å². The first-order chi connectivity index (χ1) is 12.0. The molecule has 1 amide bonds. The van der Waals surface area contributed by atoms with E-state index in [1.165, 1.54) is 5.56 Å². The molecular weight excluding hydrogens is 316 g/mol. The fourth-order valence-electron chi connectivity index (χ4n) is 3.11. The van der Waals surface area contributed by atoms with Crippen molar-refractivity contribution < 1.29 is 13.9 Å². The van der Waals surface area contributed by atoms with Gasteiger partial charge in [0, 0.05) is 12.6 Å². The summed E-state index contributed by atoms with van der Waals surface area (Å²) in [6.07, 6.45) is 1.07. The summed E-state index contributed by atoms with van der Waals surface area (Å²) in [6, 6.07) is 9.69. The van der Waals surface area contributed by atoms with E-state index in [2.05, 4.69) is 30.5 Å². The standard InChI is InChI=1S/C20H26N2O3/c1-13-4-6-18(15(3)10-13)24-12-16-5-7-19(25-16)20(23)22-17-11-21-9-8-14(17)2/h4-7,10,14,17,21H,8-9,11-12H2,1-3H3,(H,22,23). The van der Waals surface area contributed by atoms with E-state index >= 15 is 0 Å². The third-order valence-electron chi connectivity index (χ3n) is 4.73. The van der Waals surface area contributed by atoms with Crippen molar-refractivity contribution in [1.82, 2.24) is 10.6 Å². The Balaban J connectivity index is 1.57. The second-order valence-electron chi connectivity index (χ2n) is 6.87. The SMILES string of the molecule is Cc1ccc(OCc2ccc(C(=O)NC3CNCCC3C)o2)c(C)c1. The molecule has 2 aromatic rings. The zero-order valence-electron chi connectivity index (χ0n) is 15.1. The van der Waals surface area contributed by atoms with Crippen molar-refractivity contribution in [1.29, 1.82) is 0 Å². The van der Waals surface area contributed by atoms with Gasteiger partial charge in [0.25, 0.3) is 5.91 Å². The zero-order valence-corrected chi connectivity index (χ0v) is 15.1. The van der Waals surface area contributed by atoms with E-state index in [1.54, 1.807) is 12.1 Å². The number of furan rings is 1. The normalized spacial score (nSPS) is 20.3. The first-order valence-corrected chi connectivity index (χ1v) is 8.83. The summed E-state index contributed by atoms with van der Waals surface area (Å²) in [5, 5.41) is 6.36. The van der Waals surface area contributed by atoms with Crippen LogP contribution in [-0.4, -0.2) is 25.0 Å². The Morgan fingerprint density at radius 2 is 2.16 bits per heavy atom. The first kappa shape index (κ1) is 17.5. The van der Waals surface area contributed by atoms with E-state index < -0.39 is 0 Å². The second-order valence-corrected chi connectivity index (χ2v) is 6.87. The number of hydrogen-bond donors (Lipinski definition) is 2. The van der Waals surface area contributed by atoms with Crippen molar-refractivity contribution >= 4 is 5.91 Å². The van der Waals surface area contributed by atoms with E-state index in [-0.39, 0.29) is 11.9 Å². The zero-order chi connectivity index (χ0) is 17.8. The van der Waals surface area contributed by atoms with Gasteiger partial charge in [-0.3, -0.25) is 4.79 Å². The number of aryl methyl sites for hydroxylation is 2. The van der Waals surface area contributed by atoms with E-state index in [9.17, 15) is 4.79 Å². The summed E-state index contributed by atoms with van der Waals surface area (Å²) in [4.78, 5) is 12.4. The van der Waals surface area contributed by atoms with Crippen LogP contribution >= 0.6 is 0 Å². The van der Waals surface area contributed by atoms with E-state index in [1.807, 2.05) is 19.1 Å². The summed E-state index contributed by atoms with van der Waals surface area (Å²) >= 11 is 0. The molecule has 1 aliphatic heterocycles. The Labute approximate surface area is 148 Å². The maximum atomic E-state index is 12.4. The van der Waals surface area contributed by atoms with Gasteiger partial charge in [-0.1, -0.05) is 24.6 Å². The number of benzene rings is 1. The molecule has 0 aliphatic carbocycles. The second kappa shape index (κ2) is 7.74. The highest BCUT2D eigenvalue weighted by atomic mass is 16.5. The fraction of sp³-hybridized carbons (Fsp3) is 0.450. The van der Waals surface area contributed by atoms with Gasteiger partial charge in [-0.2, -0.15) is 0 Å². The van der Waals surface area contributed by atoms with Crippen LogP contribution in [0, 0.1) is 19.8 Å². The quantitative estimate of drug-likeness (QED) is 0.876. The molecule has 1 fully saturated rings. The summed E-state index contributed by atoms with van der Waals surface area (Å²) in [7, 11) is 0. The average Bonchev–Trinajstić information content (AvgIpc) is 3.05. The Hall–Kier alpha value is -2.27. The number of ether oxygens (including phenoxy) is 1. The van der Waals surface area contributed by atoms with Crippen LogP contribution in [0.5, 0.6) is 5.75 Å². The molecule has 5 nitrogen and oxygen atoms in total. The van der Waals surface area contributed by atoms with Crippen LogP contribution < -0.4 is 15.4 Å². The van der Waals surface area contributed by atoms with Crippen LogP contribution in [0.25, 0.3) is 0 Å². The van der Waals surface area contributed by atoms with Gasteiger partial charge in [-0.15, -0.1) is 0 Å². The Morgan fingerprint density at radius 3 is 2.92 bits per heavy atom. The lowest BCUT2D eigenvalue weighted by atomic mass is 9.95. The third kappa shape index (κ3) is 4.42. The molecule has 0 saturated carbocycles. The summed E-state index contributed by atoms with van der Waals surface area (Å²) in [5.41, 5.74) is 2.29. The molecule has 1 aliphatic rings. The molecule has 2 N–H and O–H groups in total. The number of carbonyl (C=O) groups excluding carboxylic acids is 1. The fourth-order valence-corrected chi connectivity index (χ4v) is 3.11. The molecule has 25 heavy (non-hydrogen) atoms. The molecule has 134 valence electrons. The number of hydrogen-bond acceptors (Lipinski definition) is 4. The maximum Gasteiger partial charge on any atom is 0.287 e. The maximum absolute atomic E-state index is 12.4. The molecule has 1 saturated heterocycles. The van der Waals surface area contributed by atoms with Crippen LogP contribution in [0.3, 0.4) is 0 Å². The minimum Gasteiger partial charge on any atom is -0.485 e. The van der Waals surface area contributed by atoms with E-state index in [0.29, 0.717) is 24.0 Å². The van der Waals surface area contributed by atoms with Gasteiger partial charge in [0.15, 0.2) is 5.76 Å². The Bertz CT molecular complexity index is 738. The summed E-state index contributed by atoms with van der Waals surface area (Å²) < 4.78 is 11.5. The lowest BCUT2D eigenvalue weighted by Crippen LogP contribution is -2.50. The minimum atomic E-state index is -0.168. The van der Waals surface area contributed by atoms with Crippen molar-refractivity contribution in [3.05, 3.63) is 53.0 Å². The summed E-state index contributed by atoms with van der Waals surface area (Å²) in [5.74, 6) is 2.10. The van der Waals surface area contributed by atoms with Crippen molar-refractivity contribution in [2.75, 3.05) is 13.1 Å². The average molecular weight is 342 g/mol. The molecule has 0 spiro atoms. The molecule has 1 aromatic heterocycles. The molecule has 0 bridgehead atoms. The Kier molecular flexibility index (Phi) is 5.43. The van der Waals surface area contributed by atoms with Gasteiger partial charge in [-0.05, 0) is 56.5 Å². The highest BCUT2D eigenvalue weighted by Gasteiger charge is 2.24. The van der Waals surface area contributed by atoms with Crippen LogP contribution in [0.1, 0.15) is 40.8 Å². The van der Waals surface area contributed by atoms with Gasteiger partial charge >= 0.3 is 0 Å². The molecule has 0 radical (unpaired) electrons. The first-order valence-electron chi connectivity index (χ1n) is 8.83. The number of rotatable bonds is 5. The number of piperidine rings is 1. The molecule has 2 unspecified atom stereocenters. The lowest BCUT2D eigenvalue weighted by molar-refractivity contribution is 0.0883.